The Labute approximate surface area is 112 Å². The van der Waals surface area contributed by atoms with E-state index >= 15 is 0 Å². The van der Waals surface area contributed by atoms with Crippen LogP contribution in [0.1, 0.15) is 30.9 Å². The van der Waals surface area contributed by atoms with Gasteiger partial charge in [0.25, 0.3) is 0 Å². The van der Waals surface area contributed by atoms with E-state index in [4.69, 9.17) is 0 Å². The Morgan fingerprint density at radius 1 is 1.32 bits per heavy atom. The Bertz CT molecular complexity index is 448. The third-order valence-corrected chi connectivity index (χ3v) is 3.47. The predicted molar refractivity (Wildman–Crippen MR) is 70.7 cm³/mol. The summed E-state index contributed by atoms with van der Waals surface area (Å²) in [7, 11) is 0. The van der Waals surface area contributed by atoms with Gasteiger partial charge in [-0.3, -0.25) is 0 Å². The SMILES string of the molecule is O[C@@H](CNC[C@H]1CC=CCC1)c1ccc(F)cc1F. The van der Waals surface area contributed by atoms with Gasteiger partial charge >= 0.3 is 0 Å². The number of rotatable bonds is 5. The maximum atomic E-state index is 13.4. The molecule has 104 valence electrons. The van der Waals surface area contributed by atoms with Crippen molar-refractivity contribution in [2.75, 3.05) is 13.1 Å². The minimum absolute atomic E-state index is 0.137. The molecule has 2 atom stereocenters. The van der Waals surface area contributed by atoms with Crippen molar-refractivity contribution in [1.82, 2.24) is 5.32 Å². The molecular formula is C15H19F2NO. The summed E-state index contributed by atoms with van der Waals surface area (Å²) in [5.41, 5.74) is 0.137. The highest BCUT2D eigenvalue weighted by molar-refractivity contribution is 5.21. The van der Waals surface area contributed by atoms with Gasteiger partial charge in [0, 0.05) is 18.2 Å². The Kier molecular flexibility index (Phi) is 5.05. The van der Waals surface area contributed by atoms with Crippen LogP contribution in [0, 0.1) is 17.6 Å². The molecule has 0 radical (unpaired) electrons. The summed E-state index contributed by atoms with van der Waals surface area (Å²) in [6, 6.07) is 3.25. The second-order valence-corrected chi connectivity index (χ2v) is 4.99. The molecule has 0 saturated heterocycles. The molecule has 0 saturated carbocycles. The van der Waals surface area contributed by atoms with E-state index in [0.29, 0.717) is 5.92 Å². The highest BCUT2D eigenvalue weighted by Crippen LogP contribution is 2.19. The molecular weight excluding hydrogens is 248 g/mol. The van der Waals surface area contributed by atoms with Gasteiger partial charge in [-0.2, -0.15) is 0 Å². The van der Waals surface area contributed by atoms with Crippen molar-refractivity contribution in [3.05, 3.63) is 47.5 Å². The molecule has 19 heavy (non-hydrogen) atoms. The lowest BCUT2D eigenvalue weighted by Crippen LogP contribution is -2.28. The molecule has 1 aromatic rings. The molecule has 0 heterocycles. The van der Waals surface area contributed by atoms with Crippen LogP contribution in [0.25, 0.3) is 0 Å². The normalized spacial score (nSPS) is 20.5. The van der Waals surface area contributed by atoms with Gasteiger partial charge in [0.2, 0.25) is 0 Å². The Morgan fingerprint density at radius 3 is 2.84 bits per heavy atom. The van der Waals surface area contributed by atoms with Crippen molar-refractivity contribution in [1.29, 1.82) is 0 Å². The quantitative estimate of drug-likeness (QED) is 0.804. The summed E-state index contributed by atoms with van der Waals surface area (Å²) in [5, 5.41) is 13.0. The van der Waals surface area contributed by atoms with Crippen LogP contribution in [0.5, 0.6) is 0 Å². The second kappa shape index (κ2) is 6.78. The molecule has 1 aliphatic rings. The van der Waals surface area contributed by atoms with Gasteiger partial charge in [-0.05, 0) is 37.8 Å². The maximum Gasteiger partial charge on any atom is 0.131 e. The zero-order valence-corrected chi connectivity index (χ0v) is 10.8. The molecule has 4 heteroatoms. The first-order chi connectivity index (χ1) is 9.16. The Hall–Kier alpha value is -1.26. The molecule has 2 rings (SSSR count). The number of aliphatic hydroxyl groups excluding tert-OH is 1. The molecule has 2 N–H and O–H groups in total. The van der Waals surface area contributed by atoms with E-state index < -0.39 is 17.7 Å². The number of nitrogens with one attached hydrogen (secondary N) is 1. The lowest BCUT2D eigenvalue weighted by molar-refractivity contribution is 0.167. The molecule has 2 nitrogen and oxygen atoms in total. The van der Waals surface area contributed by atoms with Crippen molar-refractivity contribution < 1.29 is 13.9 Å². The number of aliphatic hydroxyl groups is 1. The molecule has 1 aliphatic carbocycles. The van der Waals surface area contributed by atoms with E-state index in [1.807, 2.05) is 0 Å². The van der Waals surface area contributed by atoms with E-state index in [1.165, 1.54) is 6.07 Å². The predicted octanol–water partition coefficient (Wildman–Crippen LogP) is 2.94. The average molecular weight is 267 g/mol. The van der Waals surface area contributed by atoms with Crippen molar-refractivity contribution in [3.8, 4) is 0 Å². The summed E-state index contributed by atoms with van der Waals surface area (Å²) in [5.74, 6) is -0.749. The highest BCUT2D eigenvalue weighted by atomic mass is 19.1. The molecule has 0 unspecified atom stereocenters. The van der Waals surface area contributed by atoms with Gasteiger partial charge in [0.15, 0.2) is 0 Å². The minimum Gasteiger partial charge on any atom is -0.387 e. The van der Waals surface area contributed by atoms with Crippen LogP contribution in [0.4, 0.5) is 8.78 Å². The van der Waals surface area contributed by atoms with Crippen molar-refractivity contribution >= 4 is 0 Å². The molecule has 0 aromatic heterocycles. The van der Waals surface area contributed by atoms with Gasteiger partial charge in [-0.25, -0.2) is 8.78 Å². The molecule has 0 amide bonds. The highest BCUT2D eigenvalue weighted by Gasteiger charge is 2.14. The third-order valence-electron chi connectivity index (χ3n) is 3.47. The molecule has 1 aromatic carbocycles. The van der Waals surface area contributed by atoms with Gasteiger partial charge in [0.05, 0.1) is 6.10 Å². The molecule has 0 aliphatic heterocycles. The fourth-order valence-corrected chi connectivity index (χ4v) is 2.35. The average Bonchev–Trinajstić information content (AvgIpc) is 2.39. The van der Waals surface area contributed by atoms with Gasteiger partial charge in [-0.1, -0.05) is 18.2 Å². The fourth-order valence-electron chi connectivity index (χ4n) is 2.35. The first-order valence-corrected chi connectivity index (χ1v) is 6.65. The lowest BCUT2D eigenvalue weighted by Gasteiger charge is -2.19. The van der Waals surface area contributed by atoms with Crippen molar-refractivity contribution in [3.63, 3.8) is 0 Å². The van der Waals surface area contributed by atoms with Crippen molar-refractivity contribution in [2.45, 2.75) is 25.4 Å². The summed E-state index contributed by atoms with van der Waals surface area (Å²) >= 11 is 0. The van der Waals surface area contributed by atoms with Crippen LogP contribution in [-0.4, -0.2) is 18.2 Å². The number of hydrogen-bond donors (Lipinski definition) is 2. The Balaban J connectivity index is 1.80. The summed E-state index contributed by atoms with van der Waals surface area (Å²) < 4.78 is 26.2. The number of benzene rings is 1. The van der Waals surface area contributed by atoms with Gasteiger partial charge < -0.3 is 10.4 Å². The topological polar surface area (TPSA) is 32.3 Å². The van der Waals surface area contributed by atoms with E-state index in [-0.39, 0.29) is 12.1 Å². The number of halogens is 2. The van der Waals surface area contributed by atoms with E-state index in [9.17, 15) is 13.9 Å². The van der Waals surface area contributed by atoms with E-state index in [2.05, 4.69) is 17.5 Å². The zero-order valence-electron chi connectivity index (χ0n) is 10.8. The fraction of sp³-hybridized carbons (Fsp3) is 0.467. The van der Waals surface area contributed by atoms with Crippen LogP contribution in [0.3, 0.4) is 0 Å². The molecule has 0 fully saturated rings. The first-order valence-electron chi connectivity index (χ1n) is 6.65. The first kappa shape index (κ1) is 14.2. The third kappa shape index (κ3) is 4.11. The number of hydrogen-bond acceptors (Lipinski definition) is 2. The summed E-state index contributed by atoms with van der Waals surface area (Å²) in [6.45, 7) is 1.09. The van der Waals surface area contributed by atoms with Crippen LogP contribution in [0.15, 0.2) is 30.4 Å². The lowest BCUT2D eigenvalue weighted by atomic mass is 9.94. The number of allylic oxidation sites excluding steroid dienone is 2. The molecule has 0 spiro atoms. The second-order valence-electron chi connectivity index (χ2n) is 4.99. The largest absolute Gasteiger partial charge is 0.387 e. The Morgan fingerprint density at radius 2 is 2.16 bits per heavy atom. The summed E-state index contributed by atoms with van der Waals surface area (Å²) in [6.07, 6.45) is 6.70. The van der Waals surface area contributed by atoms with Crippen molar-refractivity contribution in [2.24, 2.45) is 5.92 Å². The van der Waals surface area contributed by atoms with E-state index in [0.717, 1.165) is 37.9 Å². The van der Waals surface area contributed by atoms with Crippen LogP contribution >= 0.6 is 0 Å². The smallest absolute Gasteiger partial charge is 0.131 e. The zero-order chi connectivity index (χ0) is 13.7. The summed E-state index contributed by atoms with van der Waals surface area (Å²) in [4.78, 5) is 0. The van der Waals surface area contributed by atoms with E-state index in [1.54, 1.807) is 0 Å². The van der Waals surface area contributed by atoms with Gasteiger partial charge in [-0.15, -0.1) is 0 Å². The standard InChI is InChI=1S/C15H19F2NO/c16-12-6-7-13(14(17)8-12)15(19)10-18-9-11-4-2-1-3-5-11/h1-2,6-8,11,15,18-19H,3-5,9-10H2/t11-,15-/m0/s1. The van der Waals surface area contributed by atoms with Crippen LogP contribution in [0.2, 0.25) is 0 Å². The monoisotopic (exact) mass is 267 g/mol. The van der Waals surface area contributed by atoms with Crippen LogP contribution in [-0.2, 0) is 0 Å². The van der Waals surface area contributed by atoms with Crippen LogP contribution < -0.4 is 5.32 Å². The van der Waals surface area contributed by atoms with Gasteiger partial charge in [0.1, 0.15) is 11.6 Å². The minimum atomic E-state index is -0.945. The maximum absolute atomic E-state index is 13.4. The molecule has 0 bridgehead atoms.